The van der Waals surface area contributed by atoms with Gasteiger partial charge in [0, 0.05) is 6.54 Å². The van der Waals surface area contributed by atoms with Crippen LogP contribution in [0, 0.1) is 17.8 Å². The van der Waals surface area contributed by atoms with Gasteiger partial charge < -0.3 is 15.2 Å². The third kappa shape index (κ3) is 5.71. The maximum absolute atomic E-state index is 9.98. The largest absolute Gasteiger partial charge is 0.389 e. The van der Waals surface area contributed by atoms with Crippen LogP contribution in [-0.4, -0.2) is 37.0 Å². The zero-order chi connectivity index (χ0) is 14.4. The molecule has 2 fully saturated rings. The summed E-state index contributed by atoms with van der Waals surface area (Å²) in [5.41, 5.74) is 0. The standard InChI is InChI=1S/C17H33NO2/c1-13-4-3-5-17(9-13)20-12-16(19)11-18-10-15-7-6-14(2)8-15/h13-19H,3-12H2,1-2H3. The molecule has 0 saturated heterocycles. The summed E-state index contributed by atoms with van der Waals surface area (Å²) >= 11 is 0. The van der Waals surface area contributed by atoms with Gasteiger partial charge in [-0.15, -0.1) is 0 Å². The smallest absolute Gasteiger partial charge is 0.0897 e. The molecule has 0 aromatic carbocycles. The van der Waals surface area contributed by atoms with Gasteiger partial charge in [-0.25, -0.2) is 0 Å². The predicted molar refractivity (Wildman–Crippen MR) is 82.8 cm³/mol. The lowest BCUT2D eigenvalue weighted by atomic mass is 9.89. The molecule has 2 saturated carbocycles. The molecule has 3 nitrogen and oxygen atoms in total. The Morgan fingerprint density at radius 1 is 1.10 bits per heavy atom. The Balaban J connectivity index is 1.50. The summed E-state index contributed by atoms with van der Waals surface area (Å²) < 4.78 is 5.86. The SMILES string of the molecule is CC1CCC(CNCC(O)COC2CCCC(C)C2)C1. The minimum absolute atomic E-state index is 0.356. The molecule has 0 heterocycles. The van der Waals surface area contributed by atoms with Gasteiger partial charge in [0.05, 0.1) is 18.8 Å². The number of hydrogen-bond donors (Lipinski definition) is 2. The Bertz CT molecular complexity index is 272. The Morgan fingerprint density at radius 3 is 2.60 bits per heavy atom. The minimum atomic E-state index is -0.356. The summed E-state index contributed by atoms with van der Waals surface area (Å²) in [5.74, 6) is 2.49. The van der Waals surface area contributed by atoms with Crippen LogP contribution in [0.2, 0.25) is 0 Å². The summed E-state index contributed by atoms with van der Waals surface area (Å²) in [6, 6.07) is 0. The number of ether oxygens (including phenoxy) is 1. The van der Waals surface area contributed by atoms with Gasteiger partial charge in [0.2, 0.25) is 0 Å². The lowest BCUT2D eigenvalue weighted by Crippen LogP contribution is -2.35. The normalized spacial score (nSPS) is 36.1. The molecule has 0 radical (unpaired) electrons. The first-order chi connectivity index (χ1) is 9.63. The predicted octanol–water partition coefficient (Wildman–Crippen LogP) is 2.97. The highest BCUT2D eigenvalue weighted by Crippen LogP contribution is 2.29. The van der Waals surface area contributed by atoms with E-state index in [1.807, 2.05) is 0 Å². The van der Waals surface area contributed by atoms with E-state index >= 15 is 0 Å². The summed E-state index contributed by atoms with van der Waals surface area (Å²) in [7, 11) is 0. The molecule has 2 N–H and O–H groups in total. The van der Waals surface area contributed by atoms with Gasteiger partial charge >= 0.3 is 0 Å². The average Bonchev–Trinajstić information content (AvgIpc) is 2.82. The van der Waals surface area contributed by atoms with Gasteiger partial charge in [-0.1, -0.05) is 33.1 Å². The number of aliphatic hydroxyl groups excluding tert-OH is 1. The van der Waals surface area contributed by atoms with Crippen molar-refractivity contribution in [3.8, 4) is 0 Å². The summed E-state index contributed by atoms with van der Waals surface area (Å²) in [5, 5.41) is 13.4. The van der Waals surface area contributed by atoms with Gasteiger partial charge in [0.25, 0.3) is 0 Å². The van der Waals surface area contributed by atoms with E-state index in [1.54, 1.807) is 0 Å². The Labute approximate surface area is 124 Å². The Morgan fingerprint density at radius 2 is 1.90 bits per heavy atom. The summed E-state index contributed by atoms with van der Waals surface area (Å²) in [4.78, 5) is 0. The molecule has 3 heteroatoms. The van der Waals surface area contributed by atoms with E-state index in [-0.39, 0.29) is 6.10 Å². The monoisotopic (exact) mass is 283 g/mol. The van der Waals surface area contributed by atoms with Crippen molar-refractivity contribution in [1.29, 1.82) is 0 Å². The maximum Gasteiger partial charge on any atom is 0.0897 e. The fourth-order valence-corrected chi connectivity index (χ4v) is 3.80. The second-order valence-corrected chi connectivity index (χ2v) is 7.32. The summed E-state index contributed by atoms with van der Waals surface area (Å²) in [6.07, 6.45) is 9.04. The van der Waals surface area contributed by atoms with E-state index in [0.29, 0.717) is 19.3 Å². The van der Waals surface area contributed by atoms with Crippen molar-refractivity contribution < 1.29 is 9.84 Å². The van der Waals surface area contributed by atoms with Crippen LogP contribution in [0.3, 0.4) is 0 Å². The highest BCUT2D eigenvalue weighted by molar-refractivity contribution is 4.75. The van der Waals surface area contributed by atoms with Gasteiger partial charge in [0.1, 0.15) is 0 Å². The molecule has 0 amide bonds. The molecular formula is C17H33NO2. The third-order valence-electron chi connectivity index (χ3n) is 5.03. The third-order valence-corrected chi connectivity index (χ3v) is 5.03. The van der Waals surface area contributed by atoms with E-state index in [2.05, 4.69) is 19.2 Å². The second-order valence-electron chi connectivity index (χ2n) is 7.32. The van der Waals surface area contributed by atoms with Crippen molar-refractivity contribution in [3.63, 3.8) is 0 Å². The number of nitrogens with one attached hydrogen (secondary N) is 1. The molecule has 5 unspecified atom stereocenters. The van der Waals surface area contributed by atoms with Gasteiger partial charge in [-0.05, 0) is 50.0 Å². The molecule has 0 bridgehead atoms. The van der Waals surface area contributed by atoms with Crippen LogP contribution >= 0.6 is 0 Å². The van der Waals surface area contributed by atoms with Crippen molar-refractivity contribution >= 4 is 0 Å². The van der Waals surface area contributed by atoms with Crippen molar-refractivity contribution in [3.05, 3.63) is 0 Å². The van der Waals surface area contributed by atoms with Crippen LogP contribution < -0.4 is 5.32 Å². The topological polar surface area (TPSA) is 41.5 Å². The first-order valence-corrected chi connectivity index (χ1v) is 8.64. The van der Waals surface area contributed by atoms with Crippen molar-refractivity contribution in [2.75, 3.05) is 19.7 Å². The summed E-state index contributed by atoms with van der Waals surface area (Å²) in [6.45, 7) is 6.87. The van der Waals surface area contributed by atoms with Crippen LogP contribution in [0.5, 0.6) is 0 Å². The maximum atomic E-state index is 9.98. The molecule has 118 valence electrons. The highest BCUT2D eigenvalue weighted by Gasteiger charge is 2.22. The molecule has 0 aromatic rings. The lowest BCUT2D eigenvalue weighted by Gasteiger charge is -2.27. The zero-order valence-electron chi connectivity index (χ0n) is 13.3. The molecule has 0 aromatic heterocycles. The average molecular weight is 283 g/mol. The fraction of sp³-hybridized carbons (Fsp3) is 1.00. The van der Waals surface area contributed by atoms with Crippen LogP contribution in [0.15, 0.2) is 0 Å². The highest BCUT2D eigenvalue weighted by atomic mass is 16.5. The number of hydrogen-bond acceptors (Lipinski definition) is 3. The van der Waals surface area contributed by atoms with Crippen molar-refractivity contribution in [1.82, 2.24) is 5.32 Å². The van der Waals surface area contributed by atoms with Crippen LogP contribution in [0.25, 0.3) is 0 Å². The van der Waals surface area contributed by atoms with E-state index in [4.69, 9.17) is 4.74 Å². The van der Waals surface area contributed by atoms with E-state index in [1.165, 1.54) is 44.9 Å². The van der Waals surface area contributed by atoms with Gasteiger partial charge in [-0.2, -0.15) is 0 Å². The molecule has 5 atom stereocenters. The Kier molecular flexibility index (Phi) is 6.79. The van der Waals surface area contributed by atoms with E-state index < -0.39 is 0 Å². The second kappa shape index (κ2) is 8.35. The molecule has 2 aliphatic rings. The van der Waals surface area contributed by atoms with Crippen LogP contribution in [0.1, 0.15) is 58.8 Å². The molecule has 2 rings (SSSR count). The van der Waals surface area contributed by atoms with Gasteiger partial charge in [0.15, 0.2) is 0 Å². The Hall–Kier alpha value is -0.120. The molecule has 0 aliphatic heterocycles. The van der Waals surface area contributed by atoms with Gasteiger partial charge in [-0.3, -0.25) is 0 Å². The van der Waals surface area contributed by atoms with Crippen molar-refractivity contribution in [2.45, 2.75) is 71.0 Å². The zero-order valence-corrected chi connectivity index (χ0v) is 13.3. The fourth-order valence-electron chi connectivity index (χ4n) is 3.80. The molecule has 0 spiro atoms. The lowest BCUT2D eigenvalue weighted by molar-refractivity contribution is -0.0307. The van der Waals surface area contributed by atoms with Crippen LogP contribution in [-0.2, 0) is 4.74 Å². The minimum Gasteiger partial charge on any atom is -0.389 e. The van der Waals surface area contributed by atoms with Crippen LogP contribution in [0.4, 0.5) is 0 Å². The molecule has 20 heavy (non-hydrogen) atoms. The van der Waals surface area contributed by atoms with E-state index in [9.17, 15) is 5.11 Å². The molecular weight excluding hydrogens is 250 g/mol. The first kappa shape index (κ1) is 16.3. The number of rotatable bonds is 7. The quantitative estimate of drug-likeness (QED) is 0.755. The molecule has 2 aliphatic carbocycles. The first-order valence-electron chi connectivity index (χ1n) is 8.64. The van der Waals surface area contributed by atoms with E-state index in [0.717, 1.165) is 24.3 Å². The van der Waals surface area contributed by atoms with Crippen molar-refractivity contribution in [2.24, 2.45) is 17.8 Å². The number of aliphatic hydroxyl groups is 1.